The zero-order valence-corrected chi connectivity index (χ0v) is 20.6. The molecule has 0 saturated carbocycles. The molecule has 4 aromatic rings. The van der Waals surface area contributed by atoms with Crippen LogP contribution >= 0.6 is 0 Å². The van der Waals surface area contributed by atoms with Crippen molar-refractivity contribution in [2.75, 3.05) is 6.61 Å². The Labute approximate surface area is 209 Å². The second-order valence-electron chi connectivity index (χ2n) is 9.25. The van der Waals surface area contributed by atoms with Gasteiger partial charge >= 0.3 is 5.97 Å². The largest absolute Gasteiger partial charge is 0.454 e. The highest BCUT2D eigenvalue weighted by Gasteiger charge is 2.27. The molecule has 6 heteroatoms. The number of aromatic nitrogens is 2. The number of para-hydroxylation sites is 1. The van der Waals surface area contributed by atoms with Crippen molar-refractivity contribution in [3.8, 4) is 0 Å². The monoisotopic (exact) mass is 482 g/mol. The molecule has 0 bridgehead atoms. The second kappa shape index (κ2) is 9.53. The Morgan fingerprint density at radius 3 is 2.56 bits per heavy atom. The van der Waals surface area contributed by atoms with Crippen LogP contribution in [0.15, 0.2) is 54.6 Å². The molecule has 182 valence electrons. The van der Waals surface area contributed by atoms with Crippen LogP contribution in [0.3, 0.4) is 0 Å². The summed E-state index contributed by atoms with van der Waals surface area (Å²) in [5, 5.41) is 0.712. The molecule has 0 amide bonds. The number of ketones is 1. The first-order chi connectivity index (χ1) is 17.3. The third kappa shape index (κ3) is 4.35. The number of allylic oxidation sites excluding steroid dienone is 1. The van der Waals surface area contributed by atoms with E-state index in [-0.39, 0.29) is 18.2 Å². The van der Waals surface area contributed by atoms with Gasteiger partial charge in [0.15, 0.2) is 6.61 Å². The van der Waals surface area contributed by atoms with Gasteiger partial charge in [-0.25, -0.2) is 14.2 Å². The van der Waals surface area contributed by atoms with E-state index in [4.69, 9.17) is 9.72 Å². The highest BCUT2D eigenvalue weighted by atomic mass is 19.1. The van der Waals surface area contributed by atoms with Gasteiger partial charge in [0.2, 0.25) is 5.78 Å². The molecular weight excluding hydrogens is 455 g/mol. The number of Topliss-reactive ketones (excluding diaryl/α,β-unsaturated/α-hetero) is 1. The number of ether oxygens (including phenoxy) is 1. The van der Waals surface area contributed by atoms with E-state index in [9.17, 15) is 14.0 Å². The van der Waals surface area contributed by atoms with E-state index in [2.05, 4.69) is 0 Å². The van der Waals surface area contributed by atoms with Gasteiger partial charge in [0.25, 0.3) is 0 Å². The van der Waals surface area contributed by atoms with Gasteiger partial charge in [-0.1, -0.05) is 30.3 Å². The molecule has 0 N–H and O–H groups in total. The lowest BCUT2D eigenvalue weighted by atomic mass is 9.86. The van der Waals surface area contributed by atoms with Crippen molar-refractivity contribution < 1.29 is 18.7 Å². The third-order valence-electron chi connectivity index (χ3n) is 7.00. The standard InChI is InChI=1S/C30H27FN2O3/c1-18-15-25(19(2)33(18)3)27(34)17-36-30(35)28-23-8-4-5-10-26(23)32-29-21(7-6-9-24(28)29)16-20-11-13-22(31)14-12-20/h4-5,8,10-16H,6-7,9,17H2,1-3H3. The second-order valence-corrected chi connectivity index (χ2v) is 9.25. The van der Waals surface area contributed by atoms with Gasteiger partial charge in [0.05, 0.1) is 16.8 Å². The first-order valence-electron chi connectivity index (χ1n) is 12.0. The van der Waals surface area contributed by atoms with Gasteiger partial charge in [-0.2, -0.15) is 0 Å². The van der Waals surface area contributed by atoms with Crippen molar-refractivity contribution in [1.29, 1.82) is 0 Å². The molecule has 0 aliphatic heterocycles. The quantitative estimate of drug-likeness (QED) is 0.249. The first kappa shape index (κ1) is 23.7. The van der Waals surface area contributed by atoms with Crippen molar-refractivity contribution in [2.24, 2.45) is 7.05 Å². The van der Waals surface area contributed by atoms with Gasteiger partial charge in [0.1, 0.15) is 5.82 Å². The average molecular weight is 483 g/mol. The first-order valence-corrected chi connectivity index (χ1v) is 12.0. The van der Waals surface area contributed by atoms with Crippen LogP contribution in [-0.2, 0) is 18.2 Å². The van der Waals surface area contributed by atoms with E-state index in [1.54, 1.807) is 12.1 Å². The summed E-state index contributed by atoms with van der Waals surface area (Å²) < 4.78 is 20.9. The maximum atomic E-state index is 13.5. The Kier molecular flexibility index (Phi) is 6.27. The topological polar surface area (TPSA) is 61.2 Å². The summed E-state index contributed by atoms with van der Waals surface area (Å²) >= 11 is 0. The van der Waals surface area contributed by atoms with Crippen LogP contribution in [0.5, 0.6) is 0 Å². The molecule has 5 rings (SSSR count). The average Bonchev–Trinajstić information content (AvgIpc) is 3.14. The number of hydrogen-bond acceptors (Lipinski definition) is 4. The van der Waals surface area contributed by atoms with Crippen molar-refractivity contribution in [3.05, 3.63) is 99.8 Å². The molecule has 5 nitrogen and oxygen atoms in total. The van der Waals surface area contributed by atoms with Crippen LogP contribution in [0.2, 0.25) is 0 Å². The van der Waals surface area contributed by atoms with Crippen molar-refractivity contribution in [2.45, 2.75) is 33.1 Å². The van der Waals surface area contributed by atoms with Crippen LogP contribution in [0.25, 0.3) is 22.6 Å². The molecule has 1 aliphatic carbocycles. The number of halogens is 1. The third-order valence-corrected chi connectivity index (χ3v) is 7.00. The summed E-state index contributed by atoms with van der Waals surface area (Å²) in [6.45, 7) is 3.48. The summed E-state index contributed by atoms with van der Waals surface area (Å²) in [4.78, 5) is 31.2. The lowest BCUT2D eigenvalue weighted by Crippen LogP contribution is -2.19. The maximum absolute atomic E-state index is 13.5. The number of esters is 1. The number of fused-ring (bicyclic) bond motifs is 2. The van der Waals surface area contributed by atoms with Gasteiger partial charge < -0.3 is 9.30 Å². The van der Waals surface area contributed by atoms with Crippen molar-refractivity contribution in [3.63, 3.8) is 0 Å². The van der Waals surface area contributed by atoms with Gasteiger partial charge in [-0.05, 0) is 80.2 Å². The molecular formula is C30H27FN2O3. The number of nitrogens with zero attached hydrogens (tertiary/aromatic N) is 2. The number of benzene rings is 2. The Morgan fingerprint density at radius 1 is 1.08 bits per heavy atom. The number of hydrogen-bond donors (Lipinski definition) is 0. The SMILES string of the molecule is Cc1cc(C(=O)COC(=O)c2c3c(nc4ccccc24)C(=Cc2ccc(F)cc2)CCC3)c(C)n1C. The molecule has 0 spiro atoms. The maximum Gasteiger partial charge on any atom is 0.339 e. The molecule has 2 heterocycles. The van der Waals surface area contributed by atoms with E-state index in [1.165, 1.54) is 12.1 Å². The molecule has 1 aliphatic rings. The van der Waals surface area contributed by atoms with Crippen LogP contribution < -0.4 is 0 Å². The smallest absolute Gasteiger partial charge is 0.339 e. The van der Waals surface area contributed by atoms with Gasteiger partial charge in [0, 0.05) is 29.4 Å². The Balaban J connectivity index is 1.52. The van der Waals surface area contributed by atoms with Crippen molar-refractivity contribution >= 4 is 34.3 Å². The molecule has 0 unspecified atom stereocenters. The predicted octanol–water partition coefficient (Wildman–Crippen LogP) is 6.25. The van der Waals surface area contributed by atoms with Crippen LogP contribution in [-0.4, -0.2) is 27.9 Å². The zero-order chi connectivity index (χ0) is 25.4. The van der Waals surface area contributed by atoms with E-state index >= 15 is 0 Å². The summed E-state index contributed by atoms with van der Waals surface area (Å²) in [5.41, 5.74) is 6.99. The Morgan fingerprint density at radius 2 is 1.83 bits per heavy atom. The summed E-state index contributed by atoms with van der Waals surface area (Å²) in [5.74, 6) is -1.04. The van der Waals surface area contributed by atoms with E-state index < -0.39 is 5.97 Å². The number of rotatable bonds is 5. The van der Waals surface area contributed by atoms with E-state index in [0.717, 1.165) is 46.6 Å². The molecule has 0 atom stereocenters. The number of aryl methyl sites for hydroxylation is 1. The zero-order valence-electron chi connectivity index (χ0n) is 20.6. The van der Waals surface area contributed by atoms with Crippen LogP contribution in [0.1, 0.15) is 61.8 Å². The molecule has 36 heavy (non-hydrogen) atoms. The molecule has 2 aromatic heterocycles. The van der Waals surface area contributed by atoms with Crippen LogP contribution in [0, 0.1) is 19.7 Å². The lowest BCUT2D eigenvalue weighted by Gasteiger charge is -2.22. The normalized spacial score (nSPS) is 14.2. The Bertz CT molecular complexity index is 1530. The molecule has 2 aromatic carbocycles. The fraction of sp³-hybridized carbons (Fsp3) is 0.233. The van der Waals surface area contributed by atoms with E-state index in [1.807, 2.05) is 61.9 Å². The fourth-order valence-electron chi connectivity index (χ4n) is 4.89. The number of pyridine rings is 1. The Hall–Kier alpha value is -4.06. The summed E-state index contributed by atoms with van der Waals surface area (Å²) in [6, 6.07) is 15.6. The minimum absolute atomic E-state index is 0.228. The minimum Gasteiger partial charge on any atom is -0.454 e. The predicted molar refractivity (Wildman–Crippen MR) is 138 cm³/mol. The minimum atomic E-state index is -0.522. The highest BCUT2D eigenvalue weighted by Crippen LogP contribution is 2.36. The molecule has 0 fully saturated rings. The van der Waals surface area contributed by atoms with Crippen LogP contribution in [0.4, 0.5) is 4.39 Å². The van der Waals surface area contributed by atoms with E-state index in [0.29, 0.717) is 28.5 Å². The molecule has 0 saturated heterocycles. The lowest BCUT2D eigenvalue weighted by molar-refractivity contribution is 0.0475. The fourth-order valence-corrected chi connectivity index (χ4v) is 4.89. The van der Waals surface area contributed by atoms with Gasteiger partial charge in [-0.3, -0.25) is 4.79 Å². The molecule has 0 radical (unpaired) electrons. The number of carbonyl (C=O) groups excluding carboxylic acids is 2. The highest BCUT2D eigenvalue weighted by molar-refractivity contribution is 6.08. The number of carbonyl (C=O) groups is 2. The van der Waals surface area contributed by atoms with Crippen molar-refractivity contribution in [1.82, 2.24) is 9.55 Å². The summed E-state index contributed by atoms with van der Waals surface area (Å²) in [6.07, 6.45) is 4.33. The van der Waals surface area contributed by atoms with Gasteiger partial charge in [-0.15, -0.1) is 0 Å². The summed E-state index contributed by atoms with van der Waals surface area (Å²) in [7, 11) is 1.90.